The third-order valence-electron chi connectivity index (χ3n) is 6.35. The monoisotopic (exact) mass is 545 g/mol. The van der Waals surface area contributed by atoms with Gasteiger partial charge in [-0.15, -0.1) is 24.0 Å². The van der Waals surface area contributed by atoms with Crippen LogP contribution in [-0.2, 0) is 22.6 Å². The molecule has 1 aliphatic heterocycles. The van der Waals surface area contributed by atoms with Gasteiger partial charge in [-0.2, -0.15) is 0 Å². The van der Waals surface area contributed by atoms with E-state index in [1.54, 1.807) is 0 Å². The van der Waals surface area contributed by atoms with Crippen LogP contribution in [0.5, 0.6) is 0 Å². The summed E-state index contributed by atoms with van der Waals surface area (Å²) in [6.45, 7) is 8.64. The average Bonchev–Trinajstić information content (AvgIpc) is 2.77. The molecule has 1 heterocycles. The molecule has 2 atom stereocenters. The van der Waals surface area contributed by atoms with Crippen LogP contribution in [0.25, 0.3) is 0 Å². The lowest BCUT2D eigenvalue weighted by Crippen LogP contribution is -2.48. The van der Waals surface area contributed by atoms with Gasteiger partial charge in [-0.1, -0.05) is 44.0 Å². The van der Waals surface area contributed by atoms with E-state index in [0.717, 1.165) is 64.4 Å². The second-order valence-electron chi connectivity index (χ2n) is 8.91. The molecule has 3 N–H and O–H groups in total. The molecule has 31 heavy (non-hydrogen) atoms. The van der Waals surface area contributed by atoms with E-state index in [-0.39, 0.29) is 35.5 Å². The summed E-state index contributed by atoms with van der Waals surface area (Å²) in [6.07, 6.45) is 6.29. The number of hydrogen-bond donors (Lipinski definition) is 3. The van der Waals surface area contributed by atoms with Crippen LogP contribution in [-0.4, -0.2) is 49.6 Å². The zero-order valence-electron chi connectivity index (χ0n) is 19.1. The topological polar surface area (TPSA) is 75.1 Å². The van der Waals surface area contributed by atoms with Crippen molar-refractivity contribution in [2.75, 3.05) is 26.3 Å². The molecule has 1 aromatic rings. The molecule has 2 aliphatic rings. The van der Waals surface area contributed by atoms with Gasteiger partial charge in [-0.05, 0) is 43.7 Å². The predicted molar refractivity (Wildman–Crippen MR) is 136 cm³/mol. The number of aliphatic imine (C=N–C) groups is 1. The van der Waals surface area contributed by atoms with E-state index >= 15 is 0 Å². The molecule has 0 bridgehead atoms. The molecule has 6 nitrogen and oxygen atoms in total. The van der Waals surface area contributed by atoms with Gasteiger partial charge in [0.25, 0.3) is 0 Å². The SMILES string of the molecule is CCNC(=NCc1cccc(COC2CCOCC2)c1)NCC1(C)CCCCC1O.I. The molecule has 0 radical (unpaired) electrons. The van der Waals surface area contributed by atoms with E-state index in [9.17, 15) is 5.11 Å². The molecule has 7 heteroatoms. The number of hydrogen-bond acceptors (Lipinski definition) is 4. The van der Waals surface area contributed by atoms with Crippen molar-refractivity contribution in [3.8, 4) is 0 Å². The zero-order chi connectivity index (χ0) is 21.2. The number of rotatable bonds is 8. The third kappa shape index (κ3) is 8.51. The van der Waals surface area contributed by atoms with Crippen molar-refractivity contribution in [1.29, 1.82) is 0 Å². The molecule has 1 saturated heterocycles. The van der Waals surface area contributed by atoms with E-state index in [0.29, 0.717) is 19.3 Å². The van der Waals surface area contributed by atoms with Crippen molar-refractivity contribution < 1.29 is 14.6 Å². The molecular formula is C24H40IN3O3. The van der Waals surface area contributed by atoms with Gasteiger partial charge in [0.1, 0.15) is 0 Å². The van der Waals surface area contributed by atoms with Gasteiger partial charge >= 0.3 is 0 Å². The highest BCUT2D eigenvalue weighted by atomic mass is 127. The summed E-state index contributed by atoms with van der Waals surface area (Å²) in [5, 5.41) is 17.2. The number of aliphatic hydroxyl groups excluding tert-OH is 1. The quantitative estimate of drug-likeness (QED) is 0.262. The lowest BCUT2D eigenvalue weighted by Gasteiger charge is -2.38. The lowest BCUT2D eigenvalue weighted by molar-refractivity contribution is -0.0390. The van der Waals surface area contributed by atoms with E-state index in [4.69, 9.17) is 14.5 Å². The van der Waals surface area contributed by atoms with Gasteiger partial charge in [0.05, 0.1) is 25.4 Å². The Kier molecular flexibility index (Phi) is 11.6. The number of halogens is 1. The van der Waals surface area contributed by atoms with Crippen LogP contribution in [0, 0.1) is 5.41 Å². The lowest BCUT2D eigenvalue weighted by atomic mass is 9.73. The van der Waals surface area contributed by atoms with Crippen LogP contribution < -0.4 is 10.6 Å². The number of aliphatic hydroxyl groups is 1. The second-order valence-corrected chi connectivity index (χ2v) is 8.91. The molecule has 0 amide bonds. The Morgan fingerprint density at radius 1 is 1.19 bits per heavy atom. The fourth-order valence-electron chi connectivity index (χ4n) is 4.26. The summed E-state index contributed by atoms with van der Waals surface area (Å²) < 4.78 is 11.4. The second kappa shape index (κ2) is 13.6. The summed E-state index contributed by atoms with van der Waals surface area (Å²) in [7, 11) is 0. The molecule has 1 aromatic carbocycles. The van der Waals surface area contributed by atoms with Crippen molar-refractivity contribution >= 4 is 29.9 Å². The Morgan fingerprint density at radius 3 is 2.71 bits per heavy atom. The van der Waals surface area contributed by atoms with Crippen LogP contribution in [0.4, 0.5) is 0 Å². The molecule has 0 aromatic heterocycles. The van der Waals surface area contributed by atoms with Crippen LogP contribution in [0.3, 0.4) is 0 Å². The Balaban J connectivity index is 0.00000341. The summed E-state index contributed by atoms with van der Waals surface area (Å²) in [4.78, 5) is 4.77. The van der Waals surface area contributed by atoms with Crippen LogP contribution >= 0.6 is 24.0 Å². The Labute approximate surface area is 204 Å². The fourth-order valence-corrected chi connectivity index (χ4v) is 4.26. The summed E-state index contributed by atoms with van der Waals surface area (Å²) in [5.74, 6) is 0.806. The first kappa shape index (κ1) is 26.4. The van der Waals surface area contributed by atoms with Crippen molar-refractivity contribution in [2.45, 2.75) is 77.7 Å². The third-order valence-corrected chi connectivity index (χ3v) is 6.35. The zero-order valence-corrected chi connectivity index (χ0v) is 21.4. The molecule has 1 saturated carbocycles. The highest BCUT2D eigenvalue weighted by Gasteiger charge is 2.35. The van der Waals surface area contributed by atoms with Crippen LogP contribution in [0.15, 0.2) is 29.3 Å². The summed E-state index contributed by atoms with van der Waals surface area (Å²) >= 11 is 0. The molecule has 2 unspecified atom stereocenters. The van der Waals surface area contributed by atoms with Crippen molar-refractivity contribution in [3.63, 3.8) is 0 Å². The standard InChI is InChI=1S/C24H39N3O3.HI/c1-3-25-23(27-18-24(2)12-5-4-9-22(24)28)26-16-19-7-6-8-20(15-19)17-30-21-10-13-29-14-11-21;/h6-8,15,21-22,28H,3-5,9-14,16-18H2,1-2H3,(H2,25,26,27);1H. The number of nitrogens with zero attached hydrogens (tertiary/aromatic N) is 1. The fraction of sp³-hybridized carbons (Fsp3) is 0.708. The number of guanidine groups is 1. The summed E-state index contributed by atoms with van der Waals surface area (Å²) in [6, 6.07) is 8.48. The van der Waals surface area contributed by atoms with Gasteiger partial charge in [-0.25, -0.2) is 4.99 Å². The highest BCUT2D eigenvalue weighted by molar-refractivity contribution is 14.0. The van der Waals surface area contributed by atoms with E-state index in [2.05, 4.69) is 48.7 Å². The maximum atomic E-state index is 10.4. The minimum absolute atomic E-state index is 0. The van der Waals surface area contributed by atoms with E-state index < -0.39 is 0 Å². The molecule has 1 aliphatic carbocycles. The Hall–Kier alpha value is -0.900. The van der Waals surface area contributed by atoms with Crippen molar-refractivity contribution in [3.05, 3.63) is 35.4 Å². The van der Waals surface area contributed by atoms with Gasteiger partial charge in [0.2, 0.25) is 0 Å². The molecule has 3 rings (SSSR count). The Morgan fingerprint density at radius 2 is 1.97 bits per heavy atom. The first-order valence-electron chi connectivity index (χ1n) is 11.6. The largest absolute Gasteiger partial charge is 0.392 e. The highest BCUT2D eigenvalue weighted by Crippen LogP contribution is 2.35. The van der Waals surface area contributed by atoms with Crippen LogP contribution in [0.1, 0.15) is 63.5 Å². The predicted octanol–water partition coefficient (Wildman–Crippen LogP) is 4.00. The molecule has 0 spiro atoms. The van der Waals surface area contributed by atoms with Crippen molar-refractivity contribution in [2.24, 2.45) is 10.4 Å². The van der Waals surface area contributed by atoms with Gasteiger partial charge in [0.15, 0.2) is 5.96 Å². The normalized spacial score (nSPS) is 25.0. The first-order chi connectivity index (χ1) is 14.6. The van der Waals surface area contributed by atoms with Gasteiger partial charge < -0.3 is 25.2 Å². The maximum Gasteiger partial charge on any atom is 0.191 e. The van der Waals surface area contributed by atoms with Gasteiger partial charge in [-0.3, -0.25) is 0 Å². The average molecular weight is 546 g/mol. The summed E-state index contributed by atoms with van der Waals surface area (Å²) in [5.41, 5.74) is 2.27. The van der Waals surface area contributed by atoms with Gasteiger partial charge in [0, 0.05) is 31.7 Å². The molecular weight excluding hydrogens is 505 g/mol. The number of nitrogens with one attached hydrogen (secondary N) is 2. The first-order valence-corrected chi connectivity index (χ1v) is 11.6. The smallest absolute Gasteiger partial charge is 0.191 e. The number of ether oxygens (including phenoxy) is 2. The van der Waals surface area contributed by atoms with Crippen molar-refractivity contribution in [1.82, 2.24) is 10.6 Å². The minimum Gasteiger partial charge on any atom is -0.392 e. The minimum atomic E-state index is -0.242. The molecule has 176 valence electrons. The molecule has 2 fully saturated rings. The Bertz CT molecular complexity index is 682. The number of benzene rings is 1. The van der Waals surface area contributed by atoms with Crippen LogP contribution in [0.2, 0.25) is 0 Å². The van der Waals surface area contributed by atoms with E-state index in [1.165, 1.54) is 17.5 Å². The van der Waals surface area contributed by atoms with E-state index in [1.807, 2.05) is 0 Å². The maximum absolute atomic E-state index is 10.4.